The SMILES string of the molecule is O=C(Nc1cnc(Oc2ccccc2)nc1)c1cc2ccccc2s1. The van der Waals surface area contributed by atoms with E-state index in [-0.39, 0.29) is 11.9 Å². The molecule has 0 saturated heterocycles. The van der Waals surface area contributed by atoms with Crippen molar-refractivity contribution < 1.29 is 9.53 Å². The molecule has 2 heterocycles. The lowest BCUT2D eigenvalue weighted by atomic mass is 10.2. The van der Waals surface area contributed by atoms with Crippen molar-refractivity contribution in [3.63, 3.8) is 0 Å². The molecule has 1 amide bonds. The molecular formula is C19H13N3O2S. The zero-order valence-corrected chi connectivity index (χ0v) is 13.9. The second kappa shape index (κ2) is 6.70. The van der Waals surface area contributed by atoms with Crippen LogP contribution in [-0.2, 0) is 0 Å². The third-order valence-electron chi connectivity index (χ3n) is 3.49. The van der Waals surface area contributed by atoms with Gasteiger partial charge in [-0.15, -0.1) is 11.3 Å². The number of nitrogens with zero attached hydrogens (tertiary/aromatic N) is 2. The highest BCUT2D eigenvalue weighted by atomic mass is 32.1. The number of rotatable bonds is 4. The largest absolute Gasteiger partial charge is 0.424 e. The molecule has 122 valence electrons. The second-order valence-corrected chi connectivity index (χ2v) is 6.36. The molecule has 25 heavy (non-hydrogen) atoms. The van der Waals surface area contributed by atoms with Crippen LogP contribution in [0.25, 0.3) is 10.1 Å². The molecule has 4 rings (SSSR count). The number of amides is 1. The molecule has 0 unspecified atom stereocenters. The first-order valence-electron chi connectivity index (χ1n) is 7.63. The molecule has 0 spiro atoms. The molecule has 0 aliphatic carbocycles. The lowest BCUT2D eigenvalue weighted by Crippen LogP contribution is -2.10. The van der Waals surface area contributed by atoms with Crippen LogP contribution in [0.1, 0.15) is 9.67 Å². The zero-order chi connectivity index (χ0) is 17.1. The van der Waals surface area contributed by atoms with Crippen molar-refractivity contribution >= 4 is 33.0 Å². The number of aromatic nitrogens is 2. The Morgan fingerprint density at radius 1 is 0.960 bits per heavy atom. The van der Waals surface area contributed by atoms with E-state index < -0.39 is 0 Å². The second-order valence-electron chi connectivity index (χ2n) is 5.27. The van der Waals surface area contributed by atoms with E-state index >= 15 is 0 Å². The van der Waals surface area contributed by atoms with Gasteiger partial charge in [-0.05, 0) is 29.7 Å². The van der Waals surface area contributed by atoms with Gasteiger partial charge < -0.3 is 10.1 Å². The molecule has 0 fully saturated rings. The third kappa shape index (κ3) is 3.49. The quantitative estimate of drug-likeness (QED) is 0.579. The molecule has 0 radical (unpaired) electrons. The fraction of sp³-hybridized carbons (Fsp3) is 0. The van der Waals surface area contributed by atoms with Gasteiger partial charge >= 0.3 is 6.01 Å². The van der Waals surface area contributed by atoms with Crippen LogP contribution in [0, 0.1) is 0 Å². The van der Waals surface area contributed by atoms with Crippen LogP contribution < -0.4 is 10.1 Å². The Labute approximate surface area is 147 Å². The Morgan fingerprint density at radius 3 is 2.44 bits per heavy atom. The highest BCUT2D eigenvalue weighted by Crippen LogP contribution is 2.26. The van der Waals surface area contributed by atoms with Crippen LogP contribution in [0.4, 0.5) is 5.69 Å². The lowest BCUT2D eigenvalue weighted by molar-refractivity contribution is 0.103. The molecule has 6 heteroatoms. The summed E-state index contributed by atoms with van der Waals surface area (Å²) in [7, 11) is 0. The first-order chi connectivity index (χ1) is 12.3. The van der Waals surface area contributed by atoms with Crippen molar-refractivity contribution in [2.75, 3.05) is 5.32 Å². The smallest absolute Gasteiger partial charge is 0.322 e. The van der Waals surface area contributed by atoms with Gasteiger partial charge in [0.25, 0.3) is 5.91 Å². The number of ether oxygens (including phenoxy) is 1. The fourth-order valence-corrected chi connectivity index (χ4v) is 3.27. The molecule has 4 aromatic rings. The first kappa shape index (κ1) is 15.3. The fourth-order valence-electron chi connectivity index (χ4n) is 2.31. The molecular weight excluding hydrogens is 334 g/mol. The summed E-state index contributed by atoms with van der Waals surface area (Å²) in [5, 5.41) is 3.86. The summed E-state index contributed by atoms with van der Waals surface area (Å²) in [6, 6.07) is 19.3. The average Bonchev–Trinajstić information content (AvgIpc) is 3.09. The number of para-hydroxylation sites is 1. The summed E-state index contributed by atoms with van der Waals surface area (Å²) >= 11 is 1.45. The Morgan fingerprint density at radius 2 is 1.68 bits per heavy atom. The van der Waals surface area contributed by atoms with Gasteiger partial charge in [-0.2, -0.15) is 0 Å². The minimum Gasteiger partial charge on any atom is -0.424 e. The van der Waals surface area contributed by atoms with Crippen LogP contribution in [0.2, 0.25) is 0 Å². The van der Waals surface area contributed by atoms with E-state index in [1.165, 1.54) is 23.7 Å². The molecule has 0 aliphatic rings. The van der Waals surface area contributed by atoms with Crippen molar-refractivity contribution in [2.45, 2.75) is 0 Å². The average molecular weight is 347 g/mol. The number of carbonyl (C=O) groups excluding carboxylic acids is 1. The maximum absolute atomic E-state index is 12.4. The molecule has 2 aromatic carbocycles. The third-order valence-corrected chi connectivity index (χ3v) is 4.60. The summed E-state index contributed by atoms with van der Waals surface area (Å²) < 4.78 is 6.61. The highest BCUT2D eigenvalue weighted by molar-refractivity contribution is 7.20. The number of fused-ring (bicyclic) bond motifs is 1. The van der Waals surface area contributed by atoms with Gasteiger partial charge in [0.15, 0.2) is 0 Å². The number of benzene rings is 2. The molecule has 0 atom stereocenters. The minimum absolute atomic E-state index is 0.179. The van der Waals surface area contributed by atoms with Gasteiger partial charge in [0.1, 0.15) is 5.75 Å². The standard InChI is InChI=1S/C19H13N3O2S/c23-18(17-10-13-6-4-5-9-16(13)25-17)22-14-11-20-19(21-12-14)24-15-7-2-1-3-8-15/h1-12H,(H,22,23). The van der Waals surface area contributed by atoms with Crippen molar-refractivity contribution in [2.24, 2.45) is 0 Å². The van der Waals surface area contributed by atoms with Gasteiger partial charge in [0.05, 0.1) is 23.0 Å². The van der Waals surface area contributed by atoms with Crippen LogP contribution in [0.5, 0.6) is 11.8 Å². The molecule has 2 aromatic heterocycles. The summed E-state index contributed by atoms with van der Waals surface area (Å²) in [4.78, 5) is 21.3. The van der Waals surface area contributed by atoms with Crippen LogP contribution in [-0.4, -0.2) is 15.9 Å². The predicted molar refractivity (Wildman–Crippen MR) is 98.3 cm³/mol. The van der Waals surface area contributed by atoms with E-state index in [1.807, 2.05) is 60.7 Å². The predicted octanol–water partition coefficient (Wildman–Crippen LogP) is 4.74. The number of thiophene rings is 1. The van der Waals surface area contributed by atoms with Crippen molar-refractivity contribution in [3.05, 3.63) is 77.9 Å². The number of carbonyl (C=O) groups is 1. The van der Waals surface area contributed by atoms with Crippen molar-refractivity contribution in [3.8, 4) is 11.8 Å². The molecule has 1 N–H and O–H groups in total. The lowest BCUT2D eigenvalue weighted by Gasteiger charge is -2.05. The molecule has 0 saturated carbocycles. The number of anilines is 1. The molecule has 0 bridgehead atoms. The summed E-state index contributed by atoms with van der Waals surface area (Å²) in [5.41, 5.74) is 0.517. The highest BCUT2D eigenvalue weighted by Gasteiger charge is 2.11. The van der Waals surface area contributed by atoms with Gasteiger partial charge in [-0.3, -0.25) is 4.79 Å². The topological polar surface area (TPSA) is 64.1 Å². The Hall–Kier alpha value is -3.25. The van der Waals surface area contributed by atoms with Crippen LogP contribution >= 0.6 is 11.3 Å². The van der Waals surface area contributed by atoms with E-state index in [9.17, 15) is 4.79 Å². The van der Waals surface area contributed by atoms with Crippen LogP contribution in [0.3, 0.4) is 0 Å². The Balaban J connectivity index is 1.46. The van der Waals surface area contributed by atoms with E-state index in [0.717, 1.165) is 10.1 Å². The number of nitrogens with one attached hydrogen (secondary N) is 1. The Kier molecular flexibility index (Phi) is 4.10. The minimum atomic E-state index is -0.179. The van der Waals surface area contributed by atoms with Crippen molar-refractivity contribution in [1.82, 2.24) is 9.97 Å². The van der Waals surface area contributed by atoms with Crippen LogP contribution in [0.15, 0.2) is 73.1 Å². The van der Waals surface area contributed by atoms with E-state index in [4.69, 9.17) is 4.74 Å². The van der Waals surface area contributed by atoms with Crippen molar-refractivity contribution in [1.29, 1.82) is 0 Å². The first-order valence-corrected chi connectivity index (χ1v) is 8.44. The summed E-state index contributed by atoms with van der Waals surface area (Å²) in [6.45, 7) is 0. The van der Waals surface area contributed by atoms with Gasteiger partial charge in [-0.1, -0.05) is 36.4 Å². The summed E-state index contributed by atoms with van der Waals surface area (Å²) in [6.07, 6.45) is 3.05. The van der Waals surface area contributed by atoms with Gasteiger partial charge in [0.2, 0.25) is 0 Å². The molecule has 5 nitrogen and oxygen atoms in total. The van der Waals surface area contributed by atoms with Gasteiger partial charge in [-0.25, -0.2) is 9.97 Å². The number of hydrogen-bond acceptors (Lipinski definition) is 5. The monoisotopic (exact) mass is 347 g/mol. The van der Waals surface area contributed by atoms with E-state index in [0.29, 0.717) is 16.3 Å². The zero-order valence-electron chi connectivity index (χ0n) is 13.0. The normalized spacial score (nSPS) is 10.6. The number of hydrogen-bond donors (Lipinski definition) is 1. The maximum Gasteiger partial charge on any atom is 0.322 e. The Bertz CT molecular complexity index is 981. The van der Waals surface area contributed by atoms with E-state index in [2.05, 4.69) is 15.3 Å². The van der Waals surface area contributed by atoms with Gasteiger partial charge in [0, 0.05) is 4.70 Å². The van der Waals surface area contributed by atoms with E-state index in [1.54, 1.807) is 0 Å². The molecule has 0 aliphatic heterocycles. The maximum atomic E-state index is 12.4. The summed E-state index contributed by atoms with van der Waals surface area (Å²) in [5.74, 6) is 0.478.